The number of ether oxygens (including phenoxy) is 2. The molecule has 9 heteroatoms. The Hall–Kier alpha value is -2.81. The quantitative estimate of drug-likeness (QED) is 0.686. The lowest BCUT2D eigenvalue weighted by Gasteiger charge is -2.28. The van der Waals surface area contributed by atoms with Crippen LogP contribution in [0.25, 0.3) is 0 Å². The first-order chi connectivity index (χ1) is 13.9. The van der Waals surface area contributed by atoms with Crippen molar-refractivity contribution in [3.05, 3.63) is 48.3 Å². The second kappa shape index (κ2) is 8.69. The number of benzene rings is 2. The van der Waals surface area contributed by atoms with Gasteiger partial charge in [-0.25, -0.2) is 12.8 Å². The van der Waals surface area contributed by atoms with E-state index in [0.29, 0.717) is 37.8 Å². The number of likely N-dealkylation sites (N-methyl/N-ethyl adjacent to an activating group) is 1. The number of nitrogens with zero attached hydrogens (tertiary/aromatic N) is 2. The summed E-state index contributed by atoms with van der Waals surface area (Å²) in [4.78, 5) is 14.2. The first-order valence-electron chi connectivity index (χ1n) is 9.32. The third-order valence-electron chi connectivity index (χ3n) is 4.61. The molecule has 7 nitrogen and oxygen atoms in total. The molecule has 0 fully saturated rings. The van der Waals surface area contributed by atoms with Gasteiger partial charge in [0.1, 0.15) is 25.6 Å². The molecule has 156 valence electrons. The van der Waals surface area contributed by atoms with Crippen molar-refractivity contribution >= 4 is 21.6 Å². The first-order valence-corrected chi connectivity index (χ1v) is 10.8. The third kappa shape index (κ3) is 4.45. The van der Waals surface area contributed by atoms with Crippen molar-refractivity contribution in [3.63, 3.8) is 0 Å². The summed E-state index contributed by atoms with van der Waals surface area (Å²) in [6, 6.07) is 9.29. The average Bonchev–Trinajstić information content (AvgIpc) is 2.73. The Kier molecular flexibility index (Phi) is 6.26. The molecule has 1 amide bonds. The number of anilines is 1. The molecule has 0 atom stereocenters. The van der Waals surface area contributed by atoms with Gasteiger partial charge in [-0.2, -0.15) is 0 Å². The monoisotopic (exact) mass is 422 g/mol. The van der Waals surface area contributed by atoms with Gasteiger partial charge in [-0.15, -0.1) is 0 Å². The van der Waals surface area contributed by atoms with Crippen LogP contribution in [0.2, 0.25) is 0 Å². The average molecular weight is 422 g/mol. The molecule has 29 heavy (non-hydrogen) atoms. The summed E-state index contributed by atoms with van der Waals surface area (Å²) in [5, 5.41) is 0. The van der Waals surface area contributed by atoms with Crippen LogP contribution in [0, 0.1) is 5.82 Å². The fraction of sp³-hybridized carbons (Fsp3) is 0.350. The van der Waals surface area contributed by atoms with E-state index in [1.807, 2.05) is 13.8 Å². The fourth-order valence-corrected chi connectivity index (χ4v) is 4.46. The van der Waals surface area contributed by atoms with Gasteiger partial charge in [0.15, 0.2) is 11.5 Å². The van der Waals surface area contributed by atoms with E-state index in [9.17, 15) is 17.6 Å². The molecule has 2 aromatic rings. The number of carbonyl (C=O) groups is 1. The van der Waals surface area contributed by atoms with E-state index in [2.05, 4.69) is 0 Å². The maximum absolute atomic E-state index is 13.4. The molecule has 1 aliphatic heterocycles. The van der Waals surface area contributed by atoms with Gasteiger partial charge in [0.05, 0.1) is 10.6 Å². The molecule has 0 saturated heterocycles. The Labute approximate surface area is 169 Å². The van der Waals surface area contributed by atoms with Gasteiger partial charge in [0, 0.05) is 19.2 Å². The van der Waals surface area contributed by atoms with Gasteiger partial charge in [-0.3, -0.25) is 9.10 Å². The molecule has 0 spiro atoms. The maximum atomic E-state index is 13.4. The molecule has 1 heterocycles. The van der Waals surface area contributed by atoms with Gasteiger partial charge in [-0.05, 0) is 50.2 Å². The van der Waals surface area contributed by atoms with Gasteiger partial charge in [0.2, 0.25) is 5.91 Å². The van der Waals surface area contributed by atoms with Crippen molar-refractivity contribution in [1.82, 2.24) is 4.90 Å². The Bertz CT molecular complexity index is 975. The molecule has 0 saturated carbocycles. The van der Waals surface area contributed by atoms with Crippen LogP contribution in [0.15, 0.2) is 47.4 Å². The minimum absolute atomic E-state index is 0.0431. The zero-order valence-corrected chi connectivity index (χ0v) is 17.1. The fourth-order valence-electron chi connectivity index (χ4n) is 3.03. The zero-order chi connectivity index (χ0) is 21.0. The molecule has 2 aromatic carbocycles. The van der Waals surface area contributed by atoms with Crippen molar-refractivity contribution in [2.75, 3.05) is 37.2 Å². The third-order valence-corrected chi connectivity index (χ3v) is 6.38. The zero-order valence-electron chi connectivity index (χ0n) is 16.3. The number of halogens is 1. The summed E-state index contributed by atoms with van der Waals surface area (Å²) in [5.41, 5.74) is 0.196. The summed E-state index contributed by atoms with van der Waals surface area (Å²) in [5.74, 6) is -0.0601. The highest BCUT2D eigenvalue weighted by Crippen LogP contribution is 2.34. The van der Waals surface area contributed by atoms with Crippen LogP contribution >= 0.6 is 0 Å². The summed E-state index contributed by atoms with van der Waals surface area (Å²) in [7, 11) is -4.12. The van der Waals surface area contributed by atoms with E-state index >= 15 is 0 Å². The molecular weight excluding hydrogens is 399 g/mol. The van der Waals surface area contributed by atoms with Gasteiger partial charge < -0.3 is 14.4 Å². The number of sulfonamides is 1. The predicted octanol–water partition coefficient (Wildman–Crippen LogP) is 2.66. The van der Waals surface area contributed by atoms with Crippen LogP contribution in [0.1, 0.15) is 13.8 Å². The van der Waals surface area contributed by atoms with Crippen molar-refractivity contribution in [1.29, 1.82) is 0 Å². The molecule has 3 rings (SSSR count). The van der Waals surface area contributed by atoms with Crippen LogP contribution in [0.3, 0.4) is 0 Å². The number of amides is 1. The van der Waals surface area contributed by atoms with Crippen LogP contribution < -0.4 is 13.8 Å². The number of hydrogen-bond acceptors (Lipinski definition) is 5. The lowest BCUT2D eigenvalue weighted by atomic mass is 10.3. The lowest BCUT2D eigenvalue weighted by molar-refractivity contribution is -0.129. The lowest BCUT2D eigenvalue weighted by Crippen LogP contribution is -2.43. The van der Waals surface area contributed by atoms with E-state index in [-0.39, 0.29) is 16.5 Å². The largest absolute Gasteiger partial charge is 0.486 e. The van der Waals surface area contributed by atoms with E-state index in [1.165, 1.54) is 35.2 Å². The first kappa shape index (κ1) is 20.9. The summed E-state index contributed by atoms with van der Waals surface area (Å²) in [6.07, 6.45) is 0. The molecule has 0 aromatic heterocycles. The van der Waals surface area contributed by atoms with Gasteiger partial charge in [-0.1, -0.05) is 0 Å². The standard InChI is InChI=1S/C20H23FN2O5S/c1-3-22(4-2)20(24)14-23(16-7-5-15(21)6-8-16)29(25,26)17-9-10-18-19(13-17)28-12-11-27-18/h5-10,13H,3-4,11-12,14H2,1-2H3. The van der Waals surface area contributed by atoms with Crippen LogP contribution in [-0.2, 0) is 14.8 Å². The summed E-state index contributed by atoms with van der Waals surface area (Å²) < 4.78 is 52.1. The predicted molar refractivity (Wildman–Crippen MR) is 106 cm³/mol. The highest BCUT2D eigenvalue weighted by molar-refractivity contribution is 7.92. The second-order valence-electron chi connectivity index (χ2n) is 6.36. The second-order valence-corrected chi connectivity index (χ2v) is 8.22. The van der Waals surface area contributed by atoms with Crippen molar-refractivity contribution in [2.45, 2.75) is 18.7 Å². The molecule has 1 aliphatic rings. The SMILES string of the molecule is CCN(CC)C(=O)CN(c1ccc(F)cc1)S(=O)(=O)c1ccc2c(c1)OCCO2. The van der Waals surface area contributed by atoms with E-state index in [1.54, 1.807) is 0 Å². The number of hydrogen-bond donors (Lipinski definition) is 0. The molecule has 0 aliphatic carbocycles. The van der Waals surface area contributed by atoms with Crippen LogP contribution in [-0.4, -0.2) is 52.1 Å². The van der Waals surface area contributed by atoms with Crippen molar-refractivity contribution in [3.8, 4) is 11.5 Å². The highest BCUT2D eigenvalue weighted by Gasteiger charge is 2.30. The van der Waals surface area contributed by atoms with Crippen LogP contribution in [0.5, 0.6) is 11.5 Å². The Morgan fingerprint density at radius 1 is 1.00 bits per heavy atom. The van der Waals surface area contributed by atoms with Crippen LogP contribution in [0.4, 0.5) is 10.1 Å². The number of fused-ring (bicyclic) bond motifs is 1. The minimum atomic E-state index is -4.12. The molecule has 0 bridgehead atoms. The normalized spacial score (nSPS) is 13.1. The summed E-state index contributed by atoms with van der Waals surface area (Å²) >= 11 is 0. The van der Waals surface area contributed by atoms with E-state index in [0.717, 1.165) is 16.4 Å². The van der Waals surface area contributed by atoms with Gasteiger partial charge in [0.25, 0.3) is 10.0 Å². The van der Waals surface area contributed by atoms with Crippen molar-refractivity contribution < 1.29 is 27.1 Å². The highest BCUT2D eigenvalue weighted by atomic mass is 32.2. The van der Waals surface area contributed by atoms with E-state index in [4.69, 9.17) is 9.47 Å². The van der Waals surface area contributed by atoms with Gasteiger partial charge >= 0.3 is 0 Å². The Morgan fingerprint density at radius 2 is 1.62 bits per heavy atom. The maximum Gasteiger partial charge on any atom is 0.264 e. The number of carbonyl (C=O) groups excluding carboxylic acids is 1. The molecular formula is C20H23FN2O5S. The molecule has 0 radical (unpaired) electrons. The molecule has 0 unspecified atom stereocenters. The molecule has 0 N–H and O–H groups in total. The topological polar surface area (TPSA) is 76.2 Å². The minimum Gasteiger partial charge on any atom is -0.486 e. The number of rotatable bonds is 7. The van der Waals surface area contributed by atoms with Crippen molar-refractivity contribution in [2.24, 2.45) is 0 Å². The Morgan fingerprint density at radius 3 is 2.24 bits per heavy atom. The summed E-state index contributed by atoms with van der Waals surface area (Å²) in [6.45, 7) is 4.85. The van der Waals surface area contributed by atoms with E-state index < -0.39 is 22.4 Å². The Balaban J connectivity index is 2.02. The smallest absolute Gasteiger partial charge is 0.264 e.